The van der Waals surface area contributed by atoms with Crippen LogP contribution in [0.2, 0.25) is 5.02 Å². The van der Waals surface area contributed by atoms with E-state index in [0.29, 0.717) is 28.7 Å². The fourth-order valence-electron chi connectivity index (χ4n) is 4.29. The zero-order chi connectivity index (χ0) is 22.8. The van der Waals surface area contributed by atoms with Crippen molar-refractivity contribution in [3.8, 4) is 5.75 Å². The first-order valence-corrected chi connectivity index (χ1v) is 11.2. The number of piperazine rings is 1. The Kier molecular flexibility index (Phi) is 6.58. The Morgan fingerprint density at radius 2 is 1.84 bits per heavy atom. The second-order valence-electron chi connectivity index (χ2n) is 8.52. The number of hydrogen-bond acceptors (Lipinski definition) is 5. The van der Waals surface area contributed by atoms with Crippen LogP contribution in [0, 0.1) is 12.8 Å². The first-order valence-electron chi connectivity index (χ1n) is 10.8. The summed E-state index contributed by atoms with van der Waals surface area (Å²) in [5.41, 5.74) is 3.37. The maximum absolute atomic E-state index is 13.2. The molecule has 32 heavy (non-hydrogen) atoms. The van der Waals surface area contributed by atoms with Gasteiger partial charge in [-0.3, -0.25) is 9.59 Å². The van der Waals surface area contributed by atoms with Crippen LogP contribution in [-0.4, -0.2) is 63.6 Å². The number of methoxy groups -OCH3 is 1. The highest BCUT2D eigenvalue weighted by Gasteiger charge is 2.36. The molecule has 2 saturated heterocycles. The minimum absolute atomic E-state index is 0.0839. The van der Waals surface area contributed by atoms with Gasteiger partial charge in [-0.2, -0.15) is 0 Å². The molecule has 0 aliphatic carbocycles. The van der Waals surface area contributed by atoms with Gasteiger partial charge in [-0.1, -0.05) is 17.7 Å². The summed E-state index contributed by atoms with van der Waals surface area (Å²) in [6, 6.07) is 11.3. The standard InChI is InChI=1S/C24H29ClN4O3/c1-16-4-7-22(32-3)21(12-16)29-15-17(13-23(29)30)24(31)26-19-14-18(25)5-6-20(19)28-10-8-27(2)9-11-28/h4-7,12,14,17H,8-11,13,15H2,1-3H3,(H,26,31)/t17-/m0/s1. The van der Waals surface area contributed by atoms with Gasteiger partial charge in [0.25, 0.3) is 0 Å². The Balaban J connectivity index is 1.51. The number of hydrogen-bond donors (Lipinski definition) is 1. The molecular weight excluding hydrogens is 428 g/mol. The Morgan fingerprint density at radius 3 is 2.56 bits per heavy atom. The lowest BCUT2D eigenvalue weighted by Gasteiger charge is -2.35. The third-order valence-corrected chi connectivity index (χ3v) is 6.42. The second-order valence-corrected chi connectivity index (χ2v) is 8.96. The van der Waals surface area contributed by atoms with E-state index in [1.807, 2.05) is 37.3 Å². The van der Waals surface area contributed by atoms with Gasteiger partial charge in [-0.25, -0.2) is 0 Å². The Bertz CT molecular complexity index is 1020. The predicted molar refractivity (Wildman–Crippen MR) is 128 cm³/mol. The molecule has 2 aromatic carbocycles. The predicted octanol–water partition coefficient (Wildman–Crippen LogP) is 3.40. The van der Waals surface area contributed by atoms with E-state index in [0.717, 1.165) is 37.4 Å². The Hall–Kier alpha value is -2.77. The summed E-state index contributed by atoms with van der Waals surface area (Å²) < 4.78 is 5.44. The molecular formula is C24H29ClN4O3. The van der Waals surface area contributed by atoms with Gasteiger partial charge in [-0.15, -0.1) is 0 Å². The third-order valence-electron chi connectivity index (χ3n) is 6.18. The van der Waals surface area contributed by atoms with Crippen LogP contribution in [0.4, 0.5) is 17.1 Å². The number of likely N-dealkylation sites (N-methyl/N-ethyl adjacent to an activating group) is 1. The van der Waals surface area contributed by atoms with Crippen molar-refractivity contribution in [1.82, 2.24) is 4.90 Å². The van der Waals surface area contributed by atoms with E-state index in [9.17, 15) is 9.59 Å². The lowest BCUT2D eigenvalue weighted by atomic mass is 10.1. The van der Waals surface area contributed by atoms with Gasteiger partial charge in [0, 0.05) is 44.2 Å². The number of nitrogens with zero attached hydrogens (tertiary/aromatic N) is 3. The minimum atomic E-state index is -0.452. The second kappa shape index (κ2) is 9.38. The molecule has 4 rings (SSSR count). The van der Waals surface area contributed by atoms with Crippen LogP contribution in [0.3, 0.4) is 0 Å². The highest BCUT2D eigenvalue weighted by molar-refractivity contribution is 6.31. The van der Waals surface area contributed by atoms with Crippen LogP contribution in [0.1, 0.15) is 12.0 Å². The molecule has 0 saturated carbocycles. The summed E-state index contributed by atoms with van der Waals surface area (Å²) in [5, 5.41) is 3.61. The smallest absolute Gasteiger partial charge is 0.229 e. The normalized spacial score (nSPS) is 19.4. The molecule has 0 unspecified atom stereocenters. The first-order chi connectivity index (χ1) is 15.4. The molecule has 0 radical (unpaired) electrons. The van der Waals surface area contributed by atoms with Gasteiger partial charge in [0.1, 0.15) is 5.75 Å². The van der Waals surface area contributed by atoms with Crippen LogP contribution in [-0.2, 0) is 9.59 Å². The highest BCUT2D eigenvalue weighted by Crippen LogP contribution is 2.35. The van der Waals surface area contributed by atoms with E-state index in [2.05, 4.69) is 22.2 Å². The largest absolute Gasteiger partial charge is 0.495 e. The molecule has 0 bridgehead atoms. The van der Waals surface area contributed by atoms with E-state index in [1.165, 1.54) is 0 Å². The minimum Gasteiger partial charge on any atom is -0.495 e. The summed E-state index contributed by atoms with van der Waals surface area (Å²) >= 11 is 6.24. The highest BCUT2D eigenvalue weighted by atomic mass is 35.5. The van der Waals surface area contributed by atoms with Crippen molar-refractivity contribution < 1.29 is 14.3 Å². The number of halogens is 1. The van der Waals surface area contributed by atoms with E-state index < -0.39 is 5.92 Å². The van der Waals surface area contributed by atoms with Crippen molar-refractivity contribution in [2.75, 3.05) is 62.0 Å². The van der Waals surface area contributed by atoms with Gasteiger partial charge >= 0.3 is 0 Å². The average molecular weight is 457 g/mol. The molecule has 1 N–H and O–H groups in total. The molecule has 2 amide bonds. The fourth-order valence-corrected chi connectivity index (χ4v) is 4.47. The van der Waals surface area contributed by atoms with E-state index in [1.54, 1.807) is 18.1 Å². The molecule has 2 fully saturated rings. The van der Waals surface area contributed by atoms with Crippen LogP contribution in [0.5, 0.6) is 5.75 Å². The zero-order valence-electron chi connectivity index (χ0n) is 18.7. The number of nitrogens with one attached hydrogen (secondary N) is 1. The molecule has 0 spiro atoms. The number of carbonyl (C=O) groups excluding carboxylic acids is 2. The van der Waals surface area contributed by atoms with Crippen LogP contribution in [0.15, 0.2) is 36.4 Å². The molecule has 2 aliphatic rings. The van der Waals surface area contributed by atoms with Gasteiger partial charge < -0.3 is 24.8 Å². The number of amides is 2. The molecule has 0 aromatic heterocycles. The SMILES string of the molecule is COc1ccc(C)cc1N1C[C@@H](C(=O)Nc2cc(Cl)ccc2N2CCN(C)CC2)CC1=O. The number of carbonyl (C=O) groups is 2. The third kappa shape index (κ3) is 4.69. The van der Waals surface area contributed by atoms with Gasteiger partial charge in [0.05, 0.1) is 30.1 Å². The van der Waals surface area contributed by atoms with Crippen molar-refractivity contribution in [1.29, 1.82) is 0 Å². The topological polar surface area (TPSA) is 65.1 Å². The summed E-state index contributed by atoms with van der Waals surface area (Å²) in [4.78, 5) is 32.1. The molecule has 170 valence electrons. The molecule has 7 nitrogen and oxygen atoms in total. The number of benzene rings is 2. The fraction of sp³-hybridized carbons (Fsp3) is 0.417. The zero-order valence-corrected chi connectivity index (χ0v) is 19.5. The molecule has 2 aromatic rings. The van der Waals surface area contributed by atoms with Crippen molar-refractivity contribution in [2.45, 2.75) is 13.3 Å². The van der Waals surface area contributed by atoms with E-state index in [-0.39, 0.29) is 18.2 Å². The summed E-state index contributed by atoms with van der Waals surface area (Å²) in [7, 11) is 3.69. The van der Waals surface area contributed by atoms with Crippen LogP contribution < -0.4 is 19.9 Å². The molecule has 1 atom stereocenters. The molecule has 2 heterocycles. The maximum Gasteiger partial charge on any atom is 0.229 e. The summed E-state index contributed by atoms with van der Waals surface area (Å²) in [6.07, 6.45) is 0.160. The van der Waals surface area contributed by atoms with Crippen molar-refractivity contribution >= 4 is 40.5 Å². The van der Waals surface area contributed by atoms with Crippen LogP contribution >= 0.6 is 11.6 Å². The van der Waals surface area contributed by atoms with Gasteiger partial charge in [0.2, 0.25) is 11.8 Å². The number of aryl methyl sites for hydroxylation is 1. The lowest BCUT2D eigenvalue weighted by molar-refractivity contribution is -0.122. The summed E-state index contributed by atoms with van der Waals surface area (Å²) in [6.45, 7) is 5.95. The van der Waals surface area contributed by atoms with Gasteiger partial charge in [0.15, 0.2) is 0 Å². The van der Waals surface area contributed by atoms with Crippen molar-refractivity contribution in [2.24, 2.45) is 5.92 Å². The quantitative estimate of drug-likeness (QED) is 0.747. The first kappa shape index (κ1) is 22.4. The monoisotopic (exact) mass is 456 g/mol. The van der Waals surface area contributed by atoms with E-state index >= 15 is 0 Å². The van der Waals surface area contributed by atoms with E-state index in [4.69, 9.17) is 16.3 Å². The number of rotatable bonds is 5. The summed E-state index contributed by atoms with van der Waals surface area (Å²) in [5.74, 6) is -0.0891. The molecule has 8 heteroatoms. The number of ether oxygens (including phenoxy) is 1. The van der Waals surface area contributed by atoms with Gasteiger partial charge in [-0.05, 0) is 49.9 Å². The number of anilines is 3. The van der Waals surface area contributed by atoms with Crippen molar-refractivity contribution in [3.05, 3.63) is 47.0 Å². The molecule has 2 aliphatic heterocycles. The Labute approximate surface area is 193 Å². The Morgan fingerprint density at radius 1 is 1.09 bits per heavy atom. The van der Waals surface area contributed by atoms with Crippen molar-refractivity contribution in [3.63, 3.8) is 0 Å². The lowest BCUT2D eigenvalue weighted by Crippen LogP contribution is -2.44. The maximum atomic E-state index is 13.2. The van der Waals surface area contributed by atoms with Crippen LogP contribution in [0.25, 0.3) is 0 Å². The average Bonchev–Trinajstić information content (AvgIpc) is 3.16.